The highest BCUT2D eigenvalue weighted by Crippen LogP contribution is 2.26. The molecule has 1 atom stereocenters. The SMILES string of the molecule is CSC(C)(C)CC(C)NCc1ccnc(C)c1. The van der Waals surface area contributed by atoms with Crippen LogP contribution in [0.3, 0.4) is 0 Å². The molecule has 0 spiro atoms. The van der Waals surface area contributed by atoms with Gasteiger partial charge in [0.25, 0.3) is 0 Å². The van der Waals surface area contributed by atoms with E-state index in [1.807, 2.05) is 24.9 Å². The number of pyridine rings is 1. The van der Waals surface area contributed by atoms with Crippen molar-refractivity contribution in [2.45, 2.75) is 51.4 Å². The summed E-state index contributed by atoms with van der Waals surface area (Å²) in [4.78, 5) is 4.21. The molecule has 0 fully saturated rings. The minimum absolute atomic E-state index is 0.348. The smallest absolute Gasteiger partial charge is 0.0375 e. The number of thioether (sulfide) groups is 1. The largest absolute Gasteiger partial charge is 0.310 e. The van der Waals surface area contributed by atoms with Crippen molar-refractivity contribution in [3.05, 3.63) is 29.6 Å². The van der Waals surface area contributed by atoms with Crippen LogP contribution in [0.1, 0.15) is 38.4 Å². The molecule has 96 valence electrons. The molecular weight excluding hydrogens is 228 g/mol. The van der Waals surface area contributed by atoms with E-state index in [0.29, 0.717) is 10.8 Å². The molecule has 1 rings (SSSR count). The molecule has 1 heterocycles. The van der Waals surface area contributed by atoms with Gasteiger partial charge in [-0.3, -0.25) is 4.98 Å². The summed E-state index contributed by atoms with van der Waals surface area (Å²) in [7, 11) is 0. The molecule has 0 bridgehead atoms. The van der Waals surface area contributed by atoms with E-state index in [4.69, 9.17) is 0 Å². The lowest BCUT2D eigenvalue weighted by Crippen LogP contribution is -2.32. The van der Waals surface area contributed by atoms with E-state index in [2.05, 4.69) is 49.5 Å². The maximum Gasteiger partial charge on any atom is 0.0375 e. The van der Waals surface area contributed by atoms with Gasteiger partial charge in [0.1, 0.15) is 0 Å². The average Bonchev–Trinajstić information content (AvgIpc) is 2.26. The Morgan fingerprint density at radius 1 is 1.47 bits per heavy atom. The Morgan fingerprint density at radius 3 is 2.76 bits per heavy atom. The summed E-state index contributed by atoms with van der Waals surface area (Å²) in [5, 5.41) is 3.58. The van der Waals surface area contributed by atoms with Crippen LogP contribution in [0, 0.1) is 6.92 Å². The van der Waals surface area contributed by atoms with Crippen molar-refractivity contribution >= 4 is 11.8 Å². The van der Waals surface area contributed by atoms with Crippen molar-refractivity contribution in [3.63, 3.8) is 0 Å². The van der Waals surface area contributed by atoms with Crippen LogP contribution in [-0.4, -0.2) is 22.0 Å². The summed E-state index contributed by atoms with van der Waals surface area (Å²) in [6.07, 6.45) is 5.24. The third-order valence-electron chi connectivity index (χ3n) is 2.97. The molecule has 3 heteroatoms. The molecule has 0 aromatic carbocycles. The average molecular weight is 252 g/mol. The van der Waals surface area contributed by atoms with Crippen LogP contribution < -0.4 is 5.32 Å². The summed E-state index contributed by atoms with van der Waals surface area (Å²) in [5.41, 5.74) is 2.40. The van der Waals surface area contributed by atoms with E-state index in [1.165, 1.54) is 12.0 Å². The van der Waals surface area contributed by atoms with Crippen molar-refractivity contribution in [3.8, 4) is 0 Å². The number of hydrogen-bond donors (Lipinski definition) is 1. The summed E-state index contributed by atoms with van der Waals surface area (Å²) in [6.45, 7) is 9.81. The van der Waals surface area contributed by atoms with Crippen LogP contribution in [0.4, 0.5) is 0 Å². The van der Waals surface area contributed by atoms with Crippen molar-refractivity contribution < 1.29 is 0 Å². The molecule has 2 nitrogen and oxygen atoms in total. The van der Waals surface area contributed by atoms with Gasteiger partial charge in [0, 0.05) is 29.2 Å². The lowest BCUT2D eigenvalue weighted by atomic mass is 10.0. The molecule has 0 saturated carbocycles. The number of nitrogens with one attached hydrogen (secondary N) is 1. The Morgan fingerprint density at radius 2 is 2.18 bits per heavy atom. The number of aromatic nitrogens is 1. The number of hydrogen-bond acceptors (Lipinski definition) is 3. The monoisotopic (exact) mass is 252 g/mol. The van der Waals surface area contributed by atoms with Gasteiger partial charge in [-0.2, -0.15) is 11.8 Å². The van der Waals surface area contributed by atoms with Gasteiger partial charge in [0.05, 0.1) is 0 Å². The van der Waals surface area contributed by atoms with Gasteiger partial charge in [0.2, 0.25) is 0 Å². The Labute approximate surface area is 110 Å². The van der Waals surface area contributed by atoms with Crippen LogP contribution in [0.25, 0.3) is 0 Å². The van der Waals surface area contributed by atoms with Gasteiger partial charge in [-0.25, -0.2) is 0 Å². The van der Waals surface area contributed by atoms with E-state index in [0.717, 1.165) is 12.2 Å². The van der Waals surface area contributed by atoms with E-state index in [9.17, 15) is 0 Å². The molecule has 0 aliphatic carbocycles. The predicted molar refractivity (Wildman–Crippen MR) is 77.5 cm³/mol. The standard InChI is InChI=1S/C14H24N2S/c1-11-8-13(6-7-15-11)10-16-12(2)9-14(3,4)17-5/h6-8,12,16H,9-10H2,1-5H3. The Balaban J connectivity index is 2.40. The van der Waals surface area contributed by atoms with Gasteiger partial charge in [-0.1, -0.05) is 13.8 Å². The molecule has 0 aliphatic heterocycles. The summed E-state index contributed by atoms with van der Waals surface area (Å²) < 4.78 is 0.348. The van der Waals surface area contributed by atoms with Gasteiger partial charge < -0.3 is 5.32 Å². The van der Waals surface area contributed by atoms with Crippen molar-refractivity contribution in [1.82, 2.24) is 10.3 Å². The van der Waals surface area contributed by atoms with Crippen molar-refractivity contribution in [2.75, 3.05) is 6.26 Å². The van der Waals surface area contributed by atoms with Gasteiger partial charge in [0.15, 0.2) is 0 Å². The van der Waals surface area contributed by atoms with Crippen LogP contribution in [0.15, 0.2) is 18.3 Å². The second-order valence-electron chi connectivity index (χ2n) is 5.26. The van der Waals surface area contributed by atoms with E-state index in [-0.39, 0.29) is 0 Å². The lowest BCUT2D eigenvalue weighted by molar-refractivity contribution is 0.465. The van der Waals surface area contributed by atoms with Crippen LogP contribution in [-0.2, 0) is 6.54 Å². The molecule has 1 N–H and O–H groups in total. The zero-order valence-electron chi connectivity index (χ0n) is 11.6. The lowest BCUT2D eigenvalue weighted by Gasteiger charge is -2.26. The Hall–Kier alpha value is -0.540. The fraction of sp³-hybridized carbons (Fsp3) is 0.643. The third-order valence-corrected chi connectivity index (χ3v) is 4.24. The molecule has 17 heavy (non-hydrogen) atoms. The molecule has 1 aromatic heterocycles. The molecular formula is C14H24N2S. The van der Waals surface area contributed by atoms with E-state index >= 15 is 0 Å². The minimum Gasteiger partial charge on any atom is -0.310 e. The van der Waals surface area contributed by atoms with Crippen molar-refractivity contribution in [1.29, 1.82) is 0 Å². The Kier molecular flexibility index (Phi) is 5.47. The summed E-state index contributed by atoms with van der Waals surface area (Å²) in [5.74, 6) is 0. The maximum atomic E-state index is 4.21. The molecule has 0 saturated heterocycles. The first-order valence-electron chi connectivity index (χ1n) is 6.13. The highest BCUT2D eigenvalue weighted by Gasteiger charge is 2.19. The molecule has 0 aliphatic rings. The number of nitrogens with zero attached hydrogens (tertiary/aromatic N) is 1. The van der Waals surface area contributed by atoms with Crippen LogP contribution >= 0.6 is 11.8 Å². The molecule has 1 unspecified atom stereocenters. The highest BCUT2D eigenvalue weighted by molar-refractivity contribution is 7.99. The normalized spacial score (nSPS) is 13.7. The van der Waals surface area contributed by atoms with E-state index in [1.54, 1.807) is 0 Å². The summed E-state index contributed by atoms with van der Waals surface area (Å²) >= 11 is 1.93. The van der Waals surface area contributed by atoms with Gasteiger partial charge in [-0.05, 0) is 44.2 Å². The first-order chi connectivity index (χ1) is 7.93. The number of aryl methyl sites for hydroxylation is 1. The fourth-order valence-electron chi connectivity index (χ4n) is 1.90. The first kappa shape index (κ1) is 14.5. The van der Waals surface area contributed by atoms with Gasteiger partial charge in [-0.15, -0.1) is 0 Å². The molecule has 0 amide bonds. The van der Waals surface area contributed by atoms with E-state index < -0.39 is 0 Å². The third kappa shape index (κ3) is 5.55. The minimum atomic E-state index is 0.348. The molecule has 1 aromatic rings. The van der Waals surface area contributed by atoms with Crippen LogP contribution in [0.2, 0.25) is 0 Å². The highest BCUT2D eigenvalue weighted by atomic mass is 32.2. The topological polar surface area (TPSA) is 24.9 Å². The number of rotatable bonds is 6. The Bertz CT molecular complexity index is 350. The van der Waals surface area contributed by atoms with Gasteiger partial charge >= 0.3 is 0 Å². The second kappa shape index (κ2) is 6.41. The second-order valence-corrected chi connectivity index (χ2v) is 6.77. The van der Waals surface area contributed by atoms with Crippen molar-refractivity contribution in [2.24, 2.45) is 0 Å². The predicted octanol–water partition coefficient (Wildman–Crippen LogP) is 3.40. The zero-order valence-corrected chi connectivity index (χ0v) is 12.4. The maximum absolute atomic E-state index is 4.21. The first-order valence-corrected chi connectivity index (χ1v) is 7.35. The fourth-order valence-corrected chi connectivity index (χ4v) is 2.32. The van der Waals surface area contributed by atoms with Crippen LogP contribution in [0.5, 0.6) is 0 Å². The zero-order chi connectivity index (χ0) is 12.9. The molecule has 0 radical (unpaired) electrons. The summed E-state index contributed by atoms with van der Waals surface area (Å²) in [6, 6.07) is 4.75. The quantitative estimate of drug-likeness (QED) is 0.840.